The van der Waals surface area contributed by atoms with Crippen molar-refractivity contribution in [1.82, 2.24) is 14.8 Å². The van der Waals surface area contributed by atoms with Crippen molar-refractivity contribution >= 4 is 34.8 Å². The highest BCUT2D eigenvalue weighted by molar-refractivity contribution is 6.36. The number of fused-ring (bicyclic) bond motifs is 1. The number of hydrogen-bond donors (Lipinski definition) is 1. The Morgan fingerprint density at radius 3 is 2.46 bits per heavy atom. The van der Waals surface area contributed by atoms with Gasteiger partial charge in [-0.15, -0.1) is 0 Å². The van der Waals surface area contributed by atoms with Gasteiger partial charge in [-0.1, -0.05) is 29.3 Å². The monoisotopic (exact) mass is 360 g/mol. The lowest BCUT2D eigenvalue weighted by Crippen LogP contribution is -2.20. The molecule has 2 aromatic carbocycles. The second-order valence-electron chi connectivity index (χ2n) is 5.32. The van der Waals surface area contributed by atoms with Crippen molar-refractivity contribution < 1.29 is 4.39 Å². The van der Waals surface area contributed by atoms with Crippen LogP contribution in [0.25, 0.3) is 5.70 Å². The van der Waals surface area contributed by atoms with Crippen LogP contribution in [0.5, 0.6) is 0 Å². The number of allylic oxidation sites excluding steroid dienone is 1. The molecule has 1 aromatic heterocycles. The second-order valence-corrected chi connectivity index (χ2v) is 6.14. The summed E-state index contributed by atoms with van der Waals surface area (Å²) in [6.07, 6.45) is 3.41. The molecule has 1 N–H and O–H groups in total. The summed E-state index contributed by atoms with van der Waals surface area (Å²) in [4.78, 5) is 4.22. The fourth-order valence-electron chi connectivity index (χ4n) is 2.73. The molecule has 1 aliphatic heterocycles. The highest BCUT2D eigenvalue weighted by atomic mass is 35.5. The fourth-order valence-corrected chi connectivity index (χ4v) is 3.35. The van der Waals surface area contributed by atoms with Gasteiger partial charge in [0.15, 0.2) is 0 Å². The molecule has 24 heavy (non-hydrogen) atoms. The third-order valence-electron chi connectivity index (χ3n) is 3.86. The van der Waals surface area contributed by atoms with E-state index in [9.17, 15) is 4.39 Å². The second kappa shape index (κ2) is 5.92. The average Bonchev–Trinajstić information content (AvgIpc) is 3.04. The summed E-state index contributed by atoms with van der Waals surface area (Å²) in [5, 5.41) is 8.55. The Morgan fingerprint density at radius 1 is 1.04 bits per heavy atom. The van der Waals surface area contributed by atoms with Gasteiger partial charge in [0.2, 0.25) is 5.95 Å². The van der Waals surface area contributed by atoms with E-state index in [0.717, 1.165) is 16.8 Å². The molecule has 0 bridgehead atoms. The van der Waals surface area contributed by atoms with E-state index in [4.69, 9.17) is 23.2 Å². The molecular weight excluding hydrogens is 350 g/mol. The molecule has 4 rings (SSSR count). The Balaban J connectivity index is 1.87. The molecule has 0 amide bonds. The highest BCUT2D eigenvalue weighted by Crippen LogP contribution is 2.38. The van der Waals surface area contributed by atoms with Crippen molar-refractivity contribution in [1.29, 1.82) is 0 Å². The SMILES string of the molecule is Fc1ccc(C2=C[C@H](c3c(Cl)cccc3Cl)n3ncnc3N2)cc1. The normalized spacial score (nSPS) is 16.3. The van der Waals surface area contributed by atoms with E-state index in [0.29, 0.717) is 16.0 Å². The Kier molecular flexibility index (Phi) is 3.75. The number of nitrogens with one attached hydrogen (secondary N) is 1. The van der Waals surface area contributed by atoms with Gasteiger partial charge < -0.3 is 5.32 Å². The number of nitrogens with zero attached hydrogens (tertiary/aromatic N) is 3. The quantitative estimate of drug-likeness (QED) is 0.714. The van der Waals surface area contributed by atoms with Crippen molar-refractivity contribution in [2.45, 2.75) is 6.04 Å². The average molecular weight is 361 g/mol. The fraction of sp³-hybridized carbons (Fsp3) is 0.0588. The van der Waals surface area contributed by atoms with Gasteiger partial charge in [-0.25, -0.2) is 9.07 Å². The first-order valence-electron chi connectivity index (χ1n) is 7.21. The lowest BCUT2D eigenvalue weighted by atomic mass is 10.0. The van der Waals surface area contributed by atoms with Crippen molar-refractivity contribution in [2.24, 2.45) is 0 Å². The summed E-state index contributed by atoms with van der Waals surface area (Å²) in [5.41, 5.74) is 2.36. The maximum atomic E-state index is 13.2. The first-order chi connectivity index (χ1) is 11.6. The van der Waals surface area contributed by atoms with Crippen LogP contribution in [0, 0.1) is 5.82 Å². The van der Waals surface area contributed by atoms with Gasteiger partial charge in [0.25, 0.3) is 0 Å². The summed E-state index contributed by atoms with van der Waals surface area (Å²) in [6.45, 7) is 0. The molecule has 4 nitrogen and oxygen atoms in total. The minimum absolute atomic E-state index is 0.288. The number of benzene rings is 2. The molecule has 1 atom stereocenters. The lowest BCUT2D eigenvalue weighted by molar-refractivity contribution is 0.612. The smallest absolute Gasteiger partial charge is 0.226 e. The molecule has 0 saturated carbocycles. The van der Waals surface area contributed by atoms with Gasteiger partial charge in [0.05, 0.1) is 0 Å². The van der Waals surface area contributed by atoms with Crippen LogP contribution in [0.1, 0.15) is 17.2 Å². The third-order valence-corrected chi connectivity index (χ3v) is 4.52. The molecule has 0 fully saturated rings. The molecule has 0 radical (unpaired) electrons. The maximum Gasteiger partial charge on any atom is 0.226 e. The van der Waals surface area contributed by atoms with E-state index < -0.39 is 0 Å². The number of hydrogen-bond acceptors (Lipinski definition) is 3. The molecule has 120 valence electrons. The Bertz CT molecular complexity index is 914. The van der Waals surface area contributed by atoms with Crippen molar-refractivity contribution in [3.05, 3.63) is 81.9 Å². The van der Waals surface area contributed by atoms with Crippen LogP contribution >= 0.6 is 23.2 Å². The standard InChI is InChI=1S/C17H11Cl2FN4/c18-12-2-1-3-13(19)16(12)15-8-14(10-4-6-11(20)7-5-10)23-17-21-9-22-24(15)17/h1-9,15H,(H,21,22,23)/t15-/m1/s1. The number of rotatable bonds is 2. The Morgan fingerprint density at radius 2 is 1.75 bits per heavy atom. The van der Waals surface area contributed by atoms with Crippen LogP contribution in [0.2, 0.25) is 10.0 Å². The van der Waals surface area contributed by atoms with Gasteiger partial charge in [0.1, 0.15) is 18.2 Å². The van der Waals surface area contributed by atoms with Crippen molar-refractivity contribution in [3.8, 4) is 0 Å². The number of aromatic nitrogens is 3. The minimum atomic E-state index is -0.315. The predicted molar refractivity (Wildman–Crippen MR) is 92.6 cm³/mol. The topological polar surface area (TPSA) is 42.7 Å². The zero-order chi connectivity index (χ0) is 16.7. The van der Waals surface area contributed by atoms with Gasteiger partial charge in [-0.2, -0.15) is 10.1 Å². The van der Waals surface area contributed by atoms with Crippen molar-refractivity contribution in [2.75, 3.05) is 5.32 Å². The van der Waals surface area contributed by atoms with Crippen molar-refractivity contribution in [3.63, 3.8) is 0 Å². The lowest BCUT2D eigenvalue weighted by Gasteiger charge is -2.25. The Labute approximate surface area is 147 Å². The van der Waals surface area contributed by atoms with Gasteiger partial charge in [0, 0.05) is 21.3 Å². The molecular formula is C17H11Cl2FN4. The summed E-state index contributed by atoms with van der Waals surface area (Å²) in [6, 6.07) is 11.3. The first kappa shape index (κ1) is 15.2. The van der Waals surface area contributed by atoms with Crippen LogP contribution in [-0.4, -0.2) is 14.8 Å². The van der Waals surface area contributed by atoms with Gasteiger partial charge in [-0.05, 0) is 48.0 Å². The molecule has 0 aliphatic carbocycles. The molecule has 7 heteroatoms. The van der Waals surface area contributed by atoms with E-state index in [2.05, 4.69) is 15.4 Å². The van der Waals surface area contributed by atoms with Gasteiger partial charge in [-0.3, -0.25) is 0 Å². The summed E-state index contributed by atoms with van der Waals surface area (Å²) in [7, 11) is 0. The van der Waals surface area contributed by atoms with Crippen LogP contribution in [0.15, 0.2) is 54.9 Å². The van der Waals surface area contributed by atoms with E-state index >= 15 is 0 Å². The minimum Gasteiger partial charge on any atom is -0.324 e. The largest absolute Gasteiger partial charge is 0.324 e. The zero-order valence-electron chi connectivity index (χ0n) is 12.2. The van der Waals surface area contributed by atoms with Crippen LogP contribution in [0.3, 0.4) is 0 Å². The molecule has 1 aliphatic rings. The molecule has 0 unspecified atom stereocenters. The highest BCUT2D eigenvalue weighted by Gasteiger charge is 2.26. The molecule has 0 spiro atoms. The molecule has 3 aromatic rings. The summed E-state index contributed by atoms with van der Waals surface area (Å²) < 4.78 is 14.9. The van der Waals surface area contributed by atoms with Crippen LogP contribution in [-0.2, 0) is 0 Å². The number of halogens is 3. The predicted octanol–water partition coefficient (Wildman–Crippen LogP) is 4.78. The third kappa shape index (κ3) is 2.56. The molecule has 0 saturated heterocycles. The zero-order valence-corrected chi connectivity index (χ0v) is 13.8. The van der Waals surface area contributed by atoms with E-state index in [1.807, 2.05) is 6.08 Å². The first-order valence-corrected chi connectivity index (χ1v) is 7.97. The maximum absolute atomic E-state index is 13.2. The number of anilines is 1. The Hall–Kier alpha value is -2.37. The summed E-state index contributed by atoms with van der Waals surface area (Å²) >= 11 is 12.7. The summed E-state index contributed by atoms with van der Waals surface area (Å²) in [5.74, 6) is 0.279. The van der Waals surface area contributed by atoms with Crippen LogP contribution < -0.4 is 5.32 Å². The van der Waals surface area contributed by atoms with E-state index in [-0.39, 0.29) is 11.9 Å². The van der Waals surface area contributed by atoms with Crippen LogP contribution in [0.4, 0.5) is 10.3 Å². The van der Waals surface area contributed by atoms with E-state index in [1.165, 1.54) is 18.5 Å². The van der Waals surface area contributed by atoms with E-state index in [1.54, 1.807) is 35.0 Å². The molecule has 2 heterocycles. The van der Waals surface area contributed by atoms with Gasteiger partial charge >= 0.3 is 0 Å².